The van der Waals surface area contributed by atoms with Crippen molar-refractivity contribution in [3.8, 4) is 0 Å². The summed E-state index contributed by atoms with van der Waals surface area (Å²) in [7, 11) is 0. The number of para-hydroxylation sites is 1. The first kappa shape index (κ1) is 21.6. The molecule has 30 heavy (non-hydrogen) atoms. The number of benzene rings is 2. The van der Waals surface area contributed by atoms with Crippen LogP contribution in [0, 0.1) is 5.82 Å². The van der Waals surface area contributed by atoms with E-state index in [0.29, 0.717) is 50.7 Å². The van der Waals surface area contributed by atoms with Crippen LogP contribution in [0.3, 0.4) is 0 Å². The van der Waals surface area contributed by atoms with Gasteiger partial charge in [0, 0.05) is 30.8 Å². The summed E-state index contributed by atoms with van der Waals surface area (Å²) in [6.45, 7) is 2.09. The Hall–Kier alpha value is -3.06. The average Bonchev–Trinajstić information content (AvgIpc) is 2.76. The van der Waals surface area contributed by atoms with Gasteiger partial charge >= 0.3 is 0 Å². The van der Waals surface area contributed by atoms with Crippen LogP contribution in [-0.4, -0.2) is 48.2 Å². The van der Waals surface area contributed by atoms with Gasteiger partial charge in [0.05, 0.1) is 0 Å². The lowest BCUT2D eigenvalue weighted by Crippen LogP contribution is -2.58. The lowest BCUT2D eigenvalue weighted by Gasteiger charge is -2.41. The Morgan fingerprint density at radius 1 is 1.03 bits per heavy atom. The molecule has 0 aliphatic carbocycles. The SMILES string of the molecule is O=CNC(=O)C1(Nc2ccccc2)CCN(CCCC(=O)c2ccc(F)cc2)CC1. The van der Waals surface area contributed by atoms with E-state index in [2.05, 4.69) is 15.5 Å². The lowest BCUT2D eigenvalue weighted by molar-refractivity contribution is -0.130. The number of Topliss-reactive ketones (excluding diaryl/α,β-unsaturated/α-hetero) is 1. The molecule has 2 aromatic rings. The zero-order valence-electron chi connectivity index (χ0n) is 16.8. The minimum absolute atomic E-state index is 0.00235. The van der Waals surface area contributed by atoms with Gasteiger partial charge in [0.1, 0.15) is 11.4 Å². The molecule has 1 aliphatic rings. The summed E-state index contributed by atoms with van der Waals surface area (Å²) < 4.78 is 13.0. The molecule has 2 amide bonds. The molecule has 1 aliphatic heterocycles. The van der Waals surface area contributed by atoms with Gasteiger partial charge < -0.3 is 10.2 Å². The molecule has 7 heteroatoms. The number of likely N-dealkylation sites (tertiary alicyclic amines) is 1. The van der Waals surface area contributed by atoms with Crippen molar-refractivity contribution in [3.05, 3.63) is 66.0 Å². The monoisotopic (exact) mass is 411 g/mol. The van der Waals surface area contributed by atoms with Crippen LogP contribution in [-0.2, 0) is 9.59 Å². The third-order valence-electron chi connectivity index (χ3n) is 5.54. The van der Waals surface area contributed by atoms with E-state index in [4.69, 9.17) is 0 Å². The molecule has 3 rings (SSSR count). The van der Waals surface area contributed by atoms with Crippen molar-refractivity contribution >= 4 is 23.8 Å². The predicted octanol–water partition coefficient (Wildman–Crippen LogP) is 3.01. The molecule has 0 atom stereocenters. The molecular weight excluding hydrogens is 385 g/mol. The zero-order chi connectivity index (χ0) is 21.4. The van der Waals surface area contributed by atoms with Gasteiger partial charge in [-0.25, -0.2) is 4.39 Å². The number of carbonyl (C=O) groups excluding carboxylic acids is 3. The van der Waals surface area contributed by atoms with E-state index in [9.17, 15) is 18.8 Å². The van der Waals surface area contributed by atoms with Gasteiger partial charge in [-0.3, -0.25) is 19.7 Å². The van der Waals surface area contributed by atoms with E-state index in [0.717, 1.165) is 12.2 Å². The van der Waals surface area contributed by atoms with Crippen molar-refractivity contribution in [1.29, 1.82) is 0 Å². The predicted molar refractivity (Wildman–Crippen MR) is 113 cm³/mol. The summed E-state index contributed by atoms with van der Waals surface area (Å²) >= 11 is 0. The van der Waals surface area contributed by atoms with Gasteiger partial charge in [0.2, 0.25) is 6.41 Å². The number of nitrogens with one attached hydrogen (secondary N) is 2. The van der Waals surface area contributed by atoms with Gasteiger partial charge in [-0.15, -0.1) is 0 Å². The Labute approximate surface area is 175 Å². The number of ketones is 1. The number of nitrogens with zero attached hydrogens (tertiary/aromatic N) is 1. The van der Waals surface area contributed by atoms with Crippen molar-refractivity contribution < 1.29 is 18.8 Å². The molecule has 0 spiro atoms. The number of amides is 2. The van der Waals surface area contributed by atoms with Crippen LogP contribution < -0.4 is 10.6 Å². The van der Waals surface area contributed by atoms with Crippen LogP contribution >= 0.6 is 0 Å². The number of piperidine rings is 1. The summed E-state index contributed by atoms with van der Waals surface area (Å²) in [6.07, 6.45) is 2.60. The van der Waals surface area contributed by atoms with Gasteiger partial charge in [0.15, 0.2) is 5.78 Å². The topological polar surface area (TPSA) is 78.5 Å². The highest BCUT2D eigenvalue weighted by Crippen LogP contribution is 2.28. The fraction of sp³-hybridized carbons (Fsp3) is 0.348. The summed E-state index contributed by atoms with van der Waals surface area (Å²) in [6, 6.07) is 15.1. The maximum atomic E-state index is 13.0. The van der Waals surface area contributed by atoms with E-state index in [-0.39, 0.29) is 17.5 Å². The van der Waals surface area contributed by atoms with E-state index in [1.165, 1.54) is 24.3 Å². The number of carbonyl (C=O) groups is 3. The number of hydrogen-bond donors (Lipinski definition) is 2. The van der Waals surface area contributed by atoms with Gasteiger partial charge in [-0.2, -0.15) is 0 Å². The minimum Gasteiger partial charge on any atom is -0.371 e. The highest BCUT2D eigenvalue weighted by Gasteiger charge is 2.41. The van der Waals surface area contributed by atoms with Gasteiger partial charge in [-0.05, 0) is 62.2 Å². The summed E-state index contributed by atoms with van der Waals surface area (Å²) in [4.78, 5) is 37.9. The molecule has 0 saturated carbocycles. The smallest absolute Gasteiger partial charge is 0.252 e. The normalized spacial score (nSPS) is 15.9. The number of imide groups is 1. The van der Waals surface area contributed by atoms with Crippen LogP contribution in [0.4, 0.5) is 10.1 Å². The quantitative estimate of drug-likeness (QED) is 0.490. The Balaban J connectivity index is 1.52. The van der Waals surface area contributed by atoms with Crippen LogP contribution in [0.1, 0.15) is 36.0 Å². The highest BCUT2D eigenvalue weighted by molar-refractivity contribution is 5.96. The lowest BCUT2D eigenvalue weighted by atomic mass is 9.85. The molecule has 1 fully saturated rings. The second-order valence-electron chi connectivity index (χ2n) is 7.54. The third kappa shape index (κ3) is 5.51. The molecule has 0 unspecified atom stereocenters. The fourth-order valence-corrected chi connectivity index (χ4v) is 3.80. The first-order chi connectivity index (χ1) is 14.5. The van der Waals surface area contributed by atoms with Crippen LogP contribution in [0.15, 0.2) is 54.6 Å². The van der Waals surface area contributed by atoms with Crippen molar-refractivity contribution in [2.45, 2.75) is 31.2 Å². The molecule has 0 bridgehead atoms. The second-order valence-corrected chi connectivity index (χ2v) is 7.54. The summed E-state index contributed by atoms with van der Waals surface area (Å²) in [5.41, 5.74) is 0.506. The molecule has 1 heterocycles. The van der Waals surface area contributed by atoms with Crippen LogP contribution in [0.25, 0.3) is 0 Å². The van der Waals surface area contributed by atoms with E-state index in [1.54, 1.807) is 0 Å². The van der Waals surface area contributed by atoms with Crippen LogP contribution in [0.2, 0.25) is 0 Å². The van der Waals surface area contributed by atoms with E-state index >= 15 is 0 Å². The summed E-state index contributed by atoms with van der Waals surface area (Å²) in [5, 5.41) is 5.62. The van der Waals surface area contributed by atoms with Gasteiger partial charge in [-0.1, -0.05) is 18.2 Å². The first-order valence-electron chi connectivity index (χ1n) is 10.1. The second kappa shape index (κ2) is 10.1. The van der Waals surface area contributed by atoms with Crippen molar-refractivity contribution in [3.63, 3.8) is 0 Å². The molecule has 1 saturated heterocycles. The molecule has 0 radical (unpaired) electrons. The maximum Gasteiger partial charge on any atom is 0.252 e. The number of anilines is 1. The molecule has 158 valence electrons. The molecule has 2 aromatic carbocycles. The number of rotatable bonds is 9. The molecular formula is C23H26FN3O3. The minimum atomic E-state index is -0.845. The van der Waals surface area contributed by atoms with Crippen molar-refractivity contribution in [1.82, 2.24) is 10.2 Å². The fourth-order valence-electron chi connectivity index (χ4n) is 3.80. The standard InChI is InChI=1S/C23H26FN3O3/c24-19-10-8-18(9-11-19)21(29)7-4-14-27-15-12-23(13-16-27,22(30)25-17-28)26-20-5-2-1-3-6-20/h1-3,5-6,8-11,17,26H,4,7,12-16H2,(H,25,28,30). The highest BCUT2D eigenvalue weighted by atomic mass is 19.1. The summed E-state index contributed by atoms with van der Waals surface area (Å²) in [5.74, 6) is -0.684. The van der Waals surface area contributed by atoms with Gasteiger partial charge in [0.25, 0.3) is 5.91 Å². The van der Waals surface area contributed by atoms with E-state index in [1.807, 2.05) is 30.3 Å². The Bertz CT molecular complexity index is 863. The molecule has 0 aromatic heterocycles. The first-order valence-corrected chi connectivity index (χ1v) is 10.1. The Morgan fingerprint density at radius 3 is 2.33 bits per heavy atom. The maximum absolute atomic E-state index is 13.0. The average molecular weight is 411 g/mol. The Kier molecular flexibility index (Phi) is 7.30. The number of halogens is 1. The molecule has 6 nitrogen and oxygen atoms in total. The Morgan fingerprint density at radius 2 is 1.70 bits per heavy atom. The number of hydrogen-bond acceptors (Lipinski definition) is 5. The van der Waals surface area contributed by atoms with Crippen molar-refractivity contribution in [2.24, 2.45) is 0 Å². The van der Waals surface area contributed by atoms with Crippen molar-refractivity contribution in [2.75, 3.05) is 25.0 Å². The van der Waals surface area contributed by atoms with E-state index < -0.39 is 5.54 Å². The molecule has 2 N–H and O–H groups in total. The third-order valence-corrected chi connectivity index (χ3v) is 5.54. The zero-order valence-corrected chi connectivity index (χ0v) is 16.8. The van der Waals surface area contributed by atoms with Crippen LogP contribution in [0.5, 0.6) is 0 Å². The largest absolute Gasteiger partial charge is 0.371 e.